The lowest BCUT2D eigenvalue weighted by atomic mass is 9.65. The van der Waals surface area contributed by atoms with Gasteiger partial charge in [0.25, 0.3) is 5.91 Å². The quantitative estimate of drug-likeness (QED) is 0.744. The molecule has 1 aliphatic heterocycles. The summed E-state index contributed by atoms with van der Waals surface area (Å²) in [5.41, 5.74) is 1.02. The molecule has 1 heterocycles. The van der Waals surface area contributed by atoms with Crippen LogP contribution in [0.3, 0.4) is 0 Å². The van der Waals surface area contributed by atoms with Crippen LogP contribution in [0.4, 0.5) is 0 Å². The highest BCUT2D eigenvalue weighted by Crippen LogP contribution is 2.49. The summed E-state index contributed by atoms with van der Waals surface area (Å²) in [6, 6.07) is 7.56. The molecule has 0 bridgehead atoms. The van der Waals surface area contributed by atoms with Gasteiger partial charge < -0.3 is 19.7 Å². The Morgan fingerprint density at radius 2 is 1.85 bits per heavy atom. The Morgan fingerprint density at radius 1 is 1.15 bits per heavy atom. The van der Waals surface area contributed by atoms with E-state index < -0.39 is 5.54 Å². The summed E-state index contributed by atoms with van der Waals surface area (Å²) in [5.74, 6) is -0.359. The number of amides is 2. The topological polar surface area (TPSA) is 67.9 Å². The molecular formula is C21H30N2O4. The molecule has 1 aromatic rings. The van der Waals surface area contributed by atoms with Crippen molar-refractivity contribution in [1.82, 2.24) is 10.2 Å². The molecule has 6 nitrogen and oxygen atoms in total. The molecule has 1 N–H and O–H groups in total. The van der Waals surface area contributed by atoms with Gasteiger partial charge in [-0.05, 0) is 24.5 Å². The van der Waals surface area contributed by atoms with E-state index in [1.807, 2.05) is 29.2 Å². The molecule has 1 spiro atoms. The van der Waals surface area contributed by atoms with E-state index in [1.165, 1.54) is 0 Å². The molecule has 6 heteroatoms. The number of methoxy groups -OCH3 is 2. The molecule has 2 aliphatic rings. The Kier molecular flexibility index (Phi) is 6.50. The molecule has 1 fully saturated rings. The van der Waals surface area contributed by atoms with Crippen LogP contribution in [0.5, 0.6) is 0 Å². The van der Waals surface area contributed by atoms with Crippen molar-refractivity contribution < 1.29 is 19.1 Å². The van der Waals surface area contributed by atoms with Crippen molar-refractivity contribution in [2.75, 3.05) is 40.5 Å². The molecule has 0 saturated heterocycles. The Balaban J connectivity index is 2.05. The highest BCUT2D eigenvalue weighted by molar-refractivity contribution is 6.02. The van der Waals surface area contributed by atoms with Gasteiger partial charge in [-0.2, -0.15) is 0 Å². The van der Waals surface area contributed by atoms with E-state index in [2.05, 4.69) is 5.32 Å². The maximum atomic E-state index is 13.3. The van der Waals surface area contributed by atoms with Crippen LogP contribution in [0.25, 0.3) is 0 Å². The molecule has 1 aromatic carbocycles. The number of hydrogen-bond acceptors (Lipinski definition) is 4. The third-order valence-electron chi connectivity index (χ3n) is 5.93. The Labute approximate surface area is 161 Å². The first-order valence-electron chi connectivity index (χ1n) is 9.82. The van der Waals surface area contributed by atoms with Gasteiger partial charge >= 0.3 is 0 Å². The number of benzene rings is 1. The van der Waals surface area contributed by atoms with E-state index in [1.54, 1.807) is 14.2 Å². The fourth-order valence-electron chi connectivity index (χ4n) is 4.73. The lowest BCUT2D eigenvalue weighted by Gasteiger charge is -2.53. The van der Waals surface area contributed by atoms with Gasteiger partial charge in [-0.25, -0.2) is 0 Å². The SMILES string of the molecule is COCCNC(=O)C1c2ccccc2C(=O)N(CCOC)C12CCCCC2. The average molecular weight is 374 g/mol. The number of ether oxygens (including phenoxy) is 2. The molecule has 2 amide bonds. The molecule has 1 unspecified atom stereocenters. The third-order valence-corrected chi connectivity index (χ3v) is 5.93. The number of carbonyl (C=O) groups excluding carboxylic acids is 2. The minimum atomic E-state index is -0.473. The highest BCUT2D eigenvalue weighted by atomic mass is 16.5. The van der Waals surface area contributed by atoms with Gasteiger partial charge in [0.15, 0.2) is 0 Å². The van der Waals surface area contributed by atoms with Crippen molar-refractivity contribution in [2.24, 2.45) is 0 Å². The number of nitrogens with one attached hydrogen (secondary N) is 1. The van der Waals surface area contributed by atoms with E-state index in [0.29, 0.717) is 31.9 Å². The van der Waals surface area contributed by atoms with Crippen LogP contribution >= 0.6 is 0 Å². The molecule has 0 radical (unpaired) electrons. The first-order chi connectivity index (χ1) is 13.2. The summed E-state index contributed by atoms with van der Waals surface area (Å²) in [6.07, 6.45) is 4.90. The van der Waals surface area contributed by atoms with Crippen LogP contribution < -0.4 is 5.32 Å². The molecule has 0 aromatic heterocycles. The van der Waals surface area contributed by atoms with Gasteiger partial charge in [-0.3, -0.25) is 9.59 Å². The molecule has 1 aliphatic carbocycles. The standard InChI is InChI=1S/C21H30N2O4/c1-26-14-12-22-19(24)18-16-8-4-5-9-17(16)20(25)23(13-15-27-2)21(18)10-6-3-7-11-21/h4-5,8-9,18H,3,6-7,10-15H2,1-2H3,(H,22,24). The van der Waals surface area contributed by atoms with Gasteiger partial charge in [-0.15, -0.1) is 0 Å². The monoisotopic (exact) mass is 374 g/mol. The van der Waals surface area contributed by atoms with E-state index in [4.69, 9.17) is 9.47 Å². The highest BCUT2D eigenvalue weighted by Gasteiger charge is 2.54. The van der Waals surface area contributed by atoms with Crippen molar-refractivity contribution >= 4 is 11.8 Å². The van der Waals surface area contributed by atoms with Crippen LogP contribution in [0, 0.1) is 0 Å². The van der Waals surface area contributed by atoms with E-state index in [0.717, 1.165) is 37.7 Å². The third kappa shape index (κ3) is 3.73. The zero-order valence-corrected chi connectivity index (χ0v) is 16.3. The minimum absolute atomic E-state index is 0.0173. The molecule has 148 valence electrons. The summed E-state index contributed by atoms with van der Waals surface area (Å²) in [5, 5.41) is 3.02. The maximum Gasteiger partial charge on any atom is 0.254 e. The van der Waals surface area contributed by atoms with E-state index in [-0.39, 0.29) is 17.7 Å². The van der Waals surface area contributed by atoms with Gasteiger partial charge in [0.2, 0.25) is 5.91 Å². The second-order valence-electron chi connectivity index (χ2n) is 7.42. The second kappa shape index (κ2) is 8.85. The van der Waals surface area contributed by atoms with E-state index >= 15 is 0 Å². The summed E-state index contributed by atoms with van der Waals surface area (Å²) >= 11 is 0. The Bertz CT molecular complexity index is 670. The van der Waals surface area contributed by atoms with Crippen LogP contribution in [-0.4, -0.2) is 62.8 Å². The van der Waals surface area contributed by atoms with Gasteiger partial charge in [-0.1, -0.05) is 37.5 Å². The summed E-state index contributed by atoms with van der Waals surface area (Å²) < 4.78 is 10.4. The molecule has 1 atom stereocenters. The predicted octanol–water partition coefficient (Wildman–Crippen LogP) is 2.34. The largest absolute Gasteiger partial charge is 0.383 e. The van der Waals surface area contributed by atoms with Gasteiger partial charge in [0.05, 0.1) is 24.7 Å². The summed E-state index contributed by atoms with van der Waals surface area (Å²) in [6.45, 7) is 1.91. The van der Waals surface area contributed by atoms with E-state index in [9.17, 15) is 9.59 Å². The number of nitrogens with zero attached hydrogens (tertiary/aromatic N) is 1. The fraction of sp³-hybridized carbons (Fsp3) is 0.619. The molecule has 1 saturated carbocycles. The van der Waals surface area contributed by atoms with Crippen LogP contribution in [0.15, 0.2) is 24.3 Å². The average Bonchev–Trinajstić information content (AvgIpc) is 2.69. The van der Waals surface area contributed by atoms with Crippen molar-refractivity contribution in [3.63, 3.8) is 0 Å². The summed E-state index contributed by atoms with van der Waals surface area (Å²) in [4.78, 5) is 28.6. The number of fused-ring (bicyclic) bond motifs is 1. The Hall–Kier alpha value is -1.92. The minimum Gasteiger partial charge on any atom is -0.383 e. The van der Waals surface area contributed by atoms with Crippen molar-refractivity contribution in [1.29, 1.82) is 0 Å². The van der Waals surface area contributed by atoms with Gasteiger partial charge in [0.1, 0.15) is 0 Å². The number of rotatable bonds is 7. The lowest BCUT2D eigenvalue weighted by Crippen LogP contribution is -2.63. The lowest BCUT2D eigenvalue weighted by molar-refractivity contribution is -0.127. The van der Waals surface area contributed by atoms with Crippen molar-refractivity contribution in [2.45, 2.75) is 43.6 Å². The van der Waals surface area contributed by atoms with Crippen molar-refractivity contribution in [3.05, 3.63) is 35.4 Å². The maximum absolute atomic E-state index is 13.3. The second-order valence-corrected chi connectivity index (χ2v) is 7.42. The number of hydrogen-bond donors (Lipinski definition) is 1. The summed E-state index contributed by atoms with van der Waals surface area (Å²) in [7, 11) is 3.26. The number of carbonyl (C=O) groups is 2. The van der Waals surface area contributed by atoms with Crippen molar-refractivity contribution in [3.8, 4) is 0 Å². The first kappa shape index (κ1) is 19.8. The van der Waals surface area contributed by atoms with Crippen LogP contribution in [-0.2, 0) is 14.3 Å². The molecule has 3 rings (SSSR count). The molecular weight excluding hydrogens is 344 g/mol. The molecule has 27 heavy (non-hydrogen) atoms. The normalized spacial score (nSPS) is 21.2. The van der Waals surface area contributed by atoms with Gasteiger partial charge in [0, 0.05) is 32.9 Å². The zero-order chi connectivity index (χ0) is 19.3. The first-order valence-corrected chi connectivity index (χ1v) is 9.82. The predicted molar refractivity (Wildman–Crippen MR) is 103 cm³/mol. The van der Waals surface area contributed by atoms with Crippen LogP contribution in [0.1, 0.15) is 53.9 Å². The fourth-order valence-corrected chi connectivity index (χ4v) is 4.73. The zero-order valence-electron chi connectivity index (χ0n) is 16.3. The Morgan fingerprint density at radius 3 is 2.56 bits per heavy atom. The van der Waals surface area contributed by atoms with Crippen LogP contribution in [0.2, 0.25) is 0 Å². The smallest absolute Gasteiger partial charge is 0.254 e.